The van der Waals surface area contributed by atoms with Gasteiger partial charge in [-0.1, -0.05) is 67.7 Å². The zero-order chi connectivity index (χ0) is 23.8. The molecule has 0 aromatic heterocycles. The monoisotopic (exact) mass is 445 g/mol. The van der Waals surface area contributed by atoms with E-state index in [-0.39, 0.29) is 23.3 Å². The summed E-state index contributed by atoms with van der Waals surface area (Å²) < 4.78 is 0. The Balaban J connectivity index is 0.00000141. The second-order valence-electron chi connectivity index (χ2n) is 12.5. The zero-order valence-corrected chi connectivity index (χ0v) is 22.4. The number of fused-ring (bicyclic) bond motifs is 5. The molecule has 3 saturated carbocycles. The van der Waals surface area contributed by atoms with Gasteiger partial charge in [0.2, 0.25) is 5.91 Å². The summed E-state index contributed by atoms with van der Waals surface area (Å²) in [6.07, 6.45) is 11.3. The maximum atomic E-state index is 13.5. The number of rotatable bonds is 5. The first-order valence-electron chi connectivity index (χ1n) is 13.9. The van der Waals surface area contributed by atoms with Gasteiger partial charge >= 0.3 is 0 Å². The number of likely N-dealkylation sites (tertiary alicyclic amines) is 1. The van der Waals surface area contributed by atoms with Crippen molar-refractivity contribution in [2.75, 3.05) is 7.05 Å². The van der Waals surface area contributed by atoms with Crippen molar-refractivity contribution < 1.29 is 9.59 Å². The molecule has 3 heteroatoms. The van der Waals surface area contributed by atoms with Crippen LogP contribution in [0, 0.1) is 46.3 Å². The van der Waals surface area contributed by atoms with Gasteiger partial charge < -0.3 is 4.90 Å². The SMILES string of the molecule is CC.CC(C)CCCC(C)C1CCC2C3C(=O)CC4N(C)C(=O)CC[C@]4(C)C3CCC12C. The van der Waals surface area contributed by atoms with E-state index < -0.39 is 0 Å². The minimum atomic E-state index is 0.129. The van der Waals surface area contributed by atoms with Crippen LogP contribution in [-0.4, -0.2) is 29.7 Å². The van der Waals surface area contributed by atoms with Crippen molar-refractivity contribution >= 4 is 11.7 Å². The van der Waals surface area contributed by atoms with Crippen molar-refractivity contribution in [3.8, 4) is 0 Å². The number of hydrogen-bond acceptors (Lipinski definition) is 2. The van der Waals surface area contributed by atoms with Gasteiger partial charge in [0.05, 0.1) is 0 Å². The molecule has 0 spiro atoms. The third-order valence-electron chi connectivity index (χ3n) is 10.6. The highest BCUT2D eigenvalue weighted by Crippen LogP contribution is 2.66. The lowest BCUT2D eigenvalue weighted by atomic mass is 9.46. The highest BCUT2D eigenvalue weighted by atomic mass is 16.2. The molecule has 4 aliphatic rings. The van der Waals surface area contributed by atoms with Gasteiger partial charge in [0.25, 0.3) is 0 Å². The van der Waals surface area contributed by atoms with Crippen LogP contribution in [0.4, 0.5) is 0 Å². The molecule has 7 unspecified atom stereocenters. The van der Waals surface area contributed by atoms with E-state index in [1.165, 1.54) is 44.9 Å². The first kappa shape index (κ1) is 25.8. The molecule has 4 fully saturated rings. The van der Waals surface area contributed by atoms with Crippen molar-refractivity contribution in [1.29, 1.82) is 0 Å². The minimum absolute atomic E-state index is 0.129. The number of amides is 1. The van der Waals surface area contributed by atoms with E-state index in [0.29, 0.717) is 35.9 Å². The minimum Gasteiger partial charge on any atom is -0.342 e. The van der Waals surface area contributed by atoms with Crippen LogP contribution in [0.2, 0.25) is 0 Å². The van der Waals surface area contributed by atoms with E-state index in [2.05, 4.69) is 34.6 Å². The van der Waals surface area contributed by atoms with E-state index in [9.17, 15) is 9.59 Å². The number of Topliss-reactive ketones (excluding diaryl/α,β-unsaturated/α-hetero) is 1. The van der Waals surface area contributed by atoms with Gasteiger partial charge in [-0.15, -0.1) is 0 Å². The number of ketones is 1. The highest BCUT2D eigenvalue weighted by Gasteiger charge is 2.63. The number of carbonyl (C=O) groups excluding carboxylic acids is 2. The van der Waals surface area contributed by atoms with E-state index in [0.717, 1.165) is 24.2 Å². The fourth-order valence-electron chi connectivity index (χ4n) is 8.82. The second-order valence-corrected chi connectivity index (χ2v) is 12.5. The van der Waals surface area contributed by atoms with Gasteiger partial charge in [-0.25, -0.2) is 0 Å². The van der Waals surface area contributed by atoms with Gasteiger partial charge in [0.1, 0.15) is 5.78 Å². The molecule has 1 heterocycles. The van der Waals surface area contributed by atoms with Gasteiger partial charge in [-0.05, 0) is 72.5 Å². The molecule has 1 saturated heterocycles. The number of carbonyl (C=O) groups is 2. The first-order chi connectivity index (χ1) is 15.1. The van der Waals surface area contributed by atoms with Crippen LogP contribution in [0.25, 0.3) is 0 Å². The lowest BCUT2D eigenvalue weighted by Crippen LogP contribution is -2.64. The predicted octanol–water partition coefficient (Wildman–Crippen LogP) is 7.13. The average Bonchev–Trinajstić information content (AvgIpc) is 3.11. The van der Waals surface area contributed by atoms with E-state index in [1.54, 1.807) is 0 Å². The molecule has 184 valence electrons. The van der Waals surface area contributed by atoms with Crippen molar-refractivity contribution in [2.45, 2.75) is 119 Å². The molecule has 0 radical (unpaired) electrons. The number of piperidine rings is 1. The summed E-state index contributed by atoms with van der Waals surface area (Å²) in [6, 6.07) is 0.129. The van der Waals surface area contributed by atoms with Crippen molar-refractivity contribution in [3.05, 3.63) is 0 Å². The topological polar surface area (TPSA) is 37.4 Å². The third-order valence-corrected chi connectivity index (χ3v) is 10.6. The summed E-state index contributed by atoms with van der Waals surface area (Å²) in [4.78, 5) is 27.8. The van der Waals surface area contributed by atoms with Gasteiger partial charge in [0, 0.05) is 31.8 Å². The second kappa shape index (κ2) is 9.79. The summed E-state index contributed by atoms with van der Waals surface area (Å²) in [5.41, 5.74) is 0.469. The lowest BCUT2D eigenvalue weighted by molar-refractivity contribution is -0.167. The summed E-state index contributed by atoms with van der Waals surface area (Å²) in [6.45, 7) is 16.1. The summed E-state index contributed by atoms with van der Waals surface area (Å²) in [5.74, 6) is 4.37. The lowest BCUT2D eigenvalue weighted by Gasteiger charge is -2.61. The standard InChI is InChI=1S/C27H45NO2.C2H6/c1-17(2)8-7-9-18(3)19-10-11-20-25-21(12-14-26(19,20)4)27(5)15-13-24(30)28(6)23(27)16-22(25)29;1-2/h17-21,23,25H,7-16H2,1-6H3;1-2H3/t18?,19?,20?,21?,23?,25?,26?,27-;/m1./s1. The van der Waals surface area contributed by atoms with Crippen LogP contribution < -0.4 is 0 Å². The summed E-state index contributed by atoms with van der Waals surface area (Å²) >= 11 is 0. The molecule has 0 aromatic carbocycles. The Bertz CT molecular complexity index is 687. The van der Waals surface area contributed by atoms with E-state index in [4.69, 9.17) is 0 Å². The molecule has 3 aliphatic carbocycles. The Labute approximate surface area is 198 Å². The van der Waals surface area contributed by atoms with Crippen molar-refractivity contribution in [2.24, 2.45) is 46.3 Å². The first-order valence-corrected chi connectivity index (χ1v) is 13.9. The van der Waals surface area contributed by atoms with Gasteiger partial charge in [0.15, 0.2) is 0 Å². The van der Waals surface area contributed by atoms with Crippen LogP contribution in [0.5, 0.6) is 0 Å². The fraction of sp³-hybridized carbons (Fsp3) is 0.931. The molecule has 1 aliphatic heterocycles. The van der Waals surface area contributed by atoms with Crippen LogP contribution >= 0.6 is 0 Å². The Hall–Kier alpha value is -0.860. The third kappa shape index (κ3) is 4.20. The molecule has 0 bridgehead atoms. The molecule has 0 aromatic rings. The Morgan fingerprint density at radius 3 is 2.25 bits per heavy atom. The Morgan fingerprint density at radius 2 is 1.59 bits per heavy atom. The molecule has 8 atom stereocenters. The maximum Gasteiger partial charge on any atom is 0.222 e. The molecule has 4 rings (SSSR count). The largest absolute Gasteiger partial charge is 0.342 e. The zero-order valence-electron chi connectivity index (χ0n) is 22.4. The average molecular weight is 446 g/mol. The normalized spacial score (nSPS) is 42.0. The van der Waals surface area contributed by atoms with Crippen LogP contribution in [0.3, 0.4) is 0 Å². The van der Waals surface area contributed by atoms with Gasteiger partial charge in [-0.3, -0.25) is 9.59 Å². The van der Waals surface area contributed by atoms with Crippen molar-refractivity contribution in [3.63, 3.8) is 0 Å². The van der Waals surface area contributed by atoms with Crippen LogP contribution in [0.15, 0.2) is 0 Å². The smallest absolute Gasteiger partial charge is 0.222 e. The highest BCUT2D eigenvalue weighted by molar-refractivity contribution is 5.86. The molecule has 0 N–H and O–H groups in total. The fourth-order valence-corrected chi connectivity index (χ4v) is 8.82. The summed E-state index contributed by atoms with van der Waals surface area (Å²) in [7, 11) is 1.94. The maximum absolute atomic E-state index is 13.5. The van der Waals surface area contributed by atoms with Crippen LogP contribution in [-0.2, 0) is 9.59 Å². The number of nitrogens with zero attached hydrogens (tertiary/aromatic N) is 1. The molecular weight excluding hydrogens is 394 g/mol. The molecule has 3 nitrogen and oxygen atoms in total. The van der Waals surface area contributed by atoms with Gasteiger partial charge in [-0.2, -0.15) is 0 Å². The predicted molar refractivity (Wildman–Crippen MR) is 133 cm³/mol. The quantitative estimate of drug-likeness (QED) is 0.451. The van der Waals surface area contributed by atoms with E-state index in [1.807, 2.05) is 25.8 Å². The van der Waals surface area contributed by atoms with Crippen LogP contribution in [0.1, 0.15) is 113 Å². The molecule has 32 heavy (non-hydrogen) atoms. The summed E-state index contributed by atoms with van der Waals surface area (Å²) in [5, 5.41) is 0. The van der Waals surface area contributed by atoms with E-state index >= 15 is 0 Å². The Morgan fingerprint density at radius 1 is 0.938 bits per heavy atom. The Kier molecular flexibility index (Phi) is 7.88. The number of hydrogen-bond donors (Lipinski definition) is 0. The molecular formula is C29H51NO2. The van der Waals surface area contributed by atoms with Crippen molar-refractivity contribution in [1.82, 2.24) is 4.90 Å². The molecule has 1 amide bonds.